The Hall–Kier alpha value is -1.69. The van der Waals surface area contributed by atoms with E-state index in [-0.39, 0.29) is 0 Å². The van der Waals surface area contributed by atoms with Gasteiger partial charge in [-0.2, -0.15) is 0 Å². The fourth-order valence-corrected chi connectivity index (χ4v) is 3.88. The molecule has 0 amide bonds. The summed E-state index contributed by atoms with van der Waals surface area (Å²) in [5, 5.41) is 0. The first-order chi connectivity index (χ1) is 12.8. The Bertz CT molecular complexity index is 797. The zero-order valence-corrected chi connectivity index (χ0v) is 17.7. The highest BCUT2D eigenvalue weighted by Crippen LogP contribution is 2.44. The lowest BCUT2D eigenvalue weighted by molar-refractivity contribution is 0.00578. The van der Waals surface area contributed by atoms with E-state index in [1.807, 2.05) is 18.2 Å². The minimum Gasteiger partial charge on any atom is -0.497 e. The second kappa shape index (κ2) is 7.74. The van der Waals surface area contributed by atoms with E-state index in [1.54, 1.807) is 18.9 Å². The quantitative estimate of drug-likeness (QED) is 0.500. The van der Waals surface area contributed by atoms with Crippen LogP contribution in [0.15, 0.2) is 54.6 Å². The average Bonchev–Trinajstić information content (AvgIpc) is 2.87. The fourth-order valence-electron chi connectivity index (χ4n) is 3.08. The van der Waals surface area contributed by atoms with E-state index in [1.165, 1.54) is 0 Å². The number of thioether (sulfide) groups is 1. The molecule has 0 saturated carbocycles. The van der Waals surface area contributed by atoms with E-state index >= 15 is 0 Å². The van der Waals surface area contributed by atoms with Crippen molar-refractivity contribution in [2.45, 2.75) is 38.9 Å². The Morgan fingerprint density at radius 2 is 1.41 bits per heavy atom. The summed E-state index contributed by atoms with van der Waals surface area (Å²) in [7, 11) is 1.24. The van der Waals surface area contributed by atoms with Crippen molar-refractivity contribution in [3.05, 3.63) is 65.7 Å². The molecule has 1 heterocycles. The standard InChI is InChI=1S/C22H27BO3S/c1-21(2)22(3,4)26-23(25-21)19(16-12-14-18(24-5)15-13-16)20(27-6)17-10-8-7-9-11-17/h7-15H,1-6H3/b20-19-. The lowest BCUT2D eigenvalue weighted by atomic mass is 9.73. The molecule has 0 spiro atoms. The zero-order valence-electron chi connectivity index (χ0n) is 16.9. The first kappa shape index (κ1) is 20.1. The van der Waals surface area contributed by atoms with Crippen molar-refractivity contribution < 1.29 is 14.0 Å². The molecule has 1 aliphatic rings. The van der Waals surface area contributed by atoms with E-state index in [0.717, 1.165) is 27.3 Å². The van der Waals surface area contributed by atoms with Crippen molar-refractivity contribution in [1.82, 2.24) is 0 Å². The van der Waals surface area contributed by atoms with Crippen LogP contribution in [0, 0.1) is 0 Å². The third-order valence-electron chi connectivity index (χ3n) is 5.37. The third-order valence-corrected chi connectivity index (χ3v) is 6.24. The predicted octanol–water partition coefficient (Wildman–Crippen LogP) is 5.56. The first-order valence-electron chi connectivity index (χ1n) is 9.13. The Kier molecular flexibility index (Phi) is 5.75. The molecule has 0 atom stereocenters. The molecule has 5 heteroatoms. The van der Waals surface area contributed by atoms with Crippen LogP contribution >= 0.6 is 11.8 Å². The maximum absolute atomic E-state index is 6.42. The summed E-state index contributed by atoms with van der Waals surface area (Å²) >= 11 is 1.71. The molecule has 3 rings (SSSR count). The number of methoxy groups -OCH3 is 1. The summed E-state index contributed by atoms with van der Waals surface area (Å²) in [5.41, 5.74) is 2.49. The van der Waals surface area contributed by atoms with Gasteiger partial charge < -0.3 is 14.0 Å². The molecule has 27 heavy (non-hydrogen) atoms. The second-order valence-electron chi connectivity index (χ2n) is 7.63. The number of hydrogen-bond acceptors (Lipinski definition) is 4. The molecule has 0 aliphatic carbocycles. The Morgan fingerprint density at radius 1 is 0.852 bits per heavy atom. The highest BCUT2D eigenvalue weighted by atomic mass is 32.2. The smallest absolute Gasteiger partial charge is 0.496 e. The molecule has 0 N–H and O–H groups in total. The minimum absolute atomic E-state index is 0.393. The van der Waals surface area contributed by atoms with Gasteiger partial charge in [0.2, 0.25) is 0 Å². The van der Waals surface area contributed by atoms with E-state index in [4.69, 9.17) is 14.0 Å². The molecular weight excluding hydrogens is 355 g/mol. The van der Waals surface area contributed by atoms with Crippen molar-refractivity contribution in [2.24, 2.45) is 0 Å². The maximum atomic E-state index is 6.42. The fraction of sp³-hybridized carbons (Fsp3) is 0.364. The van der Waals surface area contributed by atoms with Crippen LogP contribution in [-0.2, 0) is 9.31 Å². The van der Waals surface area contributed by atoms with Gasteiger partial charge in [-0.3, -0.25) is 0 Å². The molecule has 0 aromatic heterocycles. The minimum atomic E-state index is -0.439. The van der Waals surface area contributed by atoms with Gasteiger partial charge >= 0.3 is 7.12 Å². The highest BCUT2D eigenvalue weighted by Gasteiger charge is 2.53. The molecule has 142 valence electrons. The van der Waals surface area contributed by atoms with Crippen molar-refractivity contribution in [3.63, 3.8) is 0 Å². The number of hydrogen-bond donors (Lipinski definition) is 0. The number of rotatable bonds is 5. The maximum Gasteiger partial charge on any atom is 0.496 e. The average molecular weight is 382 g/mol. The Morgan fingerprint density at radius 3 is 1.89 bits per heavy atom. The Balaban J connectivity index is 2.16. The molecule has 2 aromatic rings. The molecule has 0 unspecified atom stereocenters. The van der Waals surface area contributed by atoms with Crippen molar-refractivity contribution in [2.75, 3.05) is 13.4 Å². The molecule has 2 aromatic carbocycles. The van der Waals surface area contributed by atoms with Crippen LogP contribution in [0.4, 0.5) is 0 Å². The van der Waals surface area contributed by atoms with Gasteiger partial charge in [0, 0.05) is 10.4 Å². The molecule has 1 aliphatic heterocycles. The van der Waals surface area contributed by atoms with Crippen LogP contribution in [0.5, 0.6) is 5.75 Å². The number of ether oxygens (including phenoxy) is 1. The highest BCUT2D eigenvalue weighted by molar-refractivity contribution is 8.08. The molecule has 0 radical (unpaired) electrons. The van der Waals surface area contributed by atoms with Crippen LogP contribution in [0.1, 0.15) is 38.8 Å². The lowest BCUT2D eigenvalue weighted by Crippen LogP contribution is -2.41. The summed E-state index contributed by atoms with van der Waals surface area (Å²) in [6, 6.07) is 18.5. The van der Waals surface area contributed by atoms with Gasteiger partial charge in [0.25, 0.3) is 0 Å². The first-order valence-corrected chi connectivity index (χ1v) is 10.3. The normalized spacial score (nSPS) is 19.0. The second-order valence-corrected chi connectivity index (χ2v) is 8.45. The van der Waals surface area contributed by atoms with Gasteiger partial charge in [-0.25, -0.2) is 0 Å². The van der Waals surface area contributed by atoms with Gasteiger partial charge in [0.1, 0.15) is 5.75 Å². The summed E-state index contributed by atoms with van der Waals surface area (Å²) in [6.45, 7) is 8.33. The van der Waals surface area contributed by atoms with Crippen LogP contribution in [0.2, 0.25) is 0 Å². The summed E-state index contributed by atoms with van der Waals surface area (Å²) in [6.07, 6.45) is 2.09. The van der Waals surface area contributed by atoms with E-state index < -0.39 is 18.3 Å². The van der Waals surface area contributed by atoms with Gasteiger partial charge in [-0.15, -0.1) is 11.8 Å². The summed E-state index contributed by atoms with van der Waals surface area (Å²) in [4.78, 5) is 1.15. The van der Waals surface area contributed by atoms with Crippen LogP contribution in [-0.4, -0.2) is 31.7 Å². The molecule has 1 saturated heterocycles. The van der Waals surface area contributed by atoms with Crippen molar-refractivity contribution >= 4 is 29.3 Å². The van der Waals surface area contributed by atoms with Crippen molar-refractivity contribution in [3.8, 4) is 5.75 Å². The van der Waals surface area contributed by atoms with E-state index in [2.05, 4.69) is 70.3 Å². The zero-order chi connectivity index (χ0) is 19.7. The summed E-state index contributed by atoms with van der Waals surface area (Å²) in [5.74, 6) is 0.831. The molecule has 3 nitrogen and oxygen atoms in total. The SMILES string of the molecule is COc1ccc(/C(B2OC(C)(C)C(C)(C)O2)=C(/SC)c2ccccc2)cc1. The molecular formula is C22H27BO3S. The predicted molar refractivity (Wildman–Crippen MR) is 116 cm³/mol. The van der Waals surface area contributed by atoms with Gasteiger partial charge in [-0.1, -0.05) is 42.5 Å². The topological polar surface area (TPSA) is 27.7 Å². The molecule has 1 fully saturated rings. The van der Waals surface area contributed by atoms with E-state index in [0.29, 0.717) is 0 Å². The third kappa shape index (κ3) is 3.96. The van der Waals surface area contributed by atoms with Gasteiger partial charge in [0.05, 0.1) is 18.3 Å². The molecule has 0 bridgehead atoms. The van der Waals surface area contributed by atoms with Gasteiger partial charge in [0.15, 0.2) is 0 Å². The Labute approximate surface area is 167 Å². The van der Waals surface area contributed by atoms with Crippen LogP contribution in [0.25, 0.3) is 10.4 Å². The number of benzene rings is 2. The largest absolute Gasteiger partial charge is 0.497 e. The van der Waals surface area contributed by atoms with Gasteiger partial charge in [-0.05, 0) is 57.2 Å². The van der Waals surface area contributed by atoms with Crippen LogP contribution in [0.3, 0.4) is 0 Å². The van der Waals surface area contributed by atoms with Crippen molar-refractivity contribution in [1.29, 1.82) is 0 Å². The summed E-state index contributed by atoms with van der Waals surface area (Å²) < 4.78 is 18.2. The monoisotopic (exact) mass is 382 g/mol. The lowest BCUT2D eigenvalue weighted by Gasteiger charge is -2.32. The van der Waals surface area contributed by atoms with E-state index in [9.17, 15) is 0 Å². The van der Waals surface area contributed by atoms with Crippen LogP contribution < -0.4 is 4.74 Å².